The quantitative estimate of drug-likeness (QED) is 0.570. The van der Waals surface area contributed by atoms with Gasteiger partial charge in [0, 0.05) is 12.2 Å². The zero-order valence-electron chi connectivity index (χ0n) is 17.8. The normalized spacial score (nSPS) is 13.2. The Morgan fingerprint density at radius 1 is 0.828 bits per heavy atom. The molecule has 0 unspecified atom stereocenters. The fraction of sp³-hybridized carbons (Fsp3) is 0.417. The maximum absolute atomic E-state index is 13.0. The largest absolute Gasteiger partial charge is 0.343 e. The lowest BCUT2D eigenvalue weighted by molar-refractivity contribution is -0.129. The van der Waals surface area contributed by atoms with E-state index in [-0.39, 0.29) is 29.7 Å². The molecule has 0 bridgehead atoms. The Hall–Kier alpha value is -2.66. The second-order valence-electron chi connectivity index (χ2n) is 8.13. The highest BCUT2D eigenvalue weighted by Gasteiger charge is 2.27. The molecule has 2 amide bonds. The van der Waals surface area contributed by atoms with Crippen molar-refractivity contribution in [3.63, 3.8) is 0 Å². The maximum Gasteiger partial charge on any atom is 0.246 e. The Balaban J connectivity index is 2.04. The van der Waals surface area contributed by atoms with Gasteiger partial charge < -0.3 is 16.0 Å². The van der Waals surface area contributed by atoms with E-state index in [2.05, 4.69) is 16.0 Å². The van der Waals surface area contributed by atoms with E-state index in [1.54, 1.807) is 0 Å². The van der Waals surface area contributed by atoms with Crippen molar-refractivity contribution >= 4 is 17.5 Å². The number of anilines is 1. The van der Waals surface area contributed by atoms with Crippen LogP contribution < -0.4 is 16.0 Å². The first kappa shape index (κ1) is 22.6. The highest BCUT2D eigenvalue weighted by Crippen LogP contribution is 2.12. The van der Waals surface area contributed by atoms with Gasteiger partial charge in [-0.2, -0.15) is 0 Å². The minimum Gasteiger partial charge on any atom is -0.343 e. The molecule has 0 aliphatic heterocycles. The van der Waals surface area contributed by atoms with E-state index < -0.39 is 6.04 Å². The number of rotatable bonds is 10. The second kappa shape index (κ2) is 11.4. The summed E-state index contributed by atoms with van der Waals surface area (Å²) in [5, 5.41) is 9.22. The van der Waals surface area contributed by atoms with E-state index >= 15 is 0 Å². The topological polar surface area (TPSA) is 70.2 Å². The number of hydrogen-bond donors (Lipinski definition) is 3. The SMILES string of the molecule is CC(C)C[C@H](NC(=O)[C@@H](NCc1ccccc1)C(C)C)C(=O)Nc1ccccc1. The van der Waals surface area contributed by atoms with E-state index in [9.17, 15) is 9.59 Å². The summed E-state index contributed by atoms with van der Waals surface area (Å²) in [4.78, 5) is 25.8. The van der Waals surface area contributed by atoms with Gasteiger partial charge in [-0.1, -0.05) is 76.2 Å². The molecule has 2 aromatic carbocycles. The Morgan fingerprint density at radius 2 is 1.41 bits per heavy atom. The van der Waals surface area contributed by atoms with Crippen molar-refractivity contribution in [3.8, 4) is 0 Å². The van der Waals surface area contributed by atoms with Crippen molar-refractivity contribution in [3.05, 3.63) is 66.2 Å². The zero-order valence-corrected chi connectivity index (χ0v) is 17.8. The van der Waals surface area contributed by atoms with Crippen LogP contribution in [0.1, 0.15) is 39.7 Å². The summed E-state index contributed by atoms with van der Waals surface area (Å²) in [7, 11) is 0. The van der Waals surface area contributed by atoms with Gasteiger partial charge >= 0.3 is 0 Å². The van der Waals surface area contributed by atoms with Crippen LogP contribution in [0.25, 0.3) is 0 Å². The van der Waals surface area contributed by atoms with Gasteiger partial charge in [-0.25, -0.2) is 0 Å². The molecule has 0 aliphatic carbocycles. The fourth-order valence-electron chi connectivity index (χ4n) is 3.17. The van der Waals surface area contributed by atoms with Gasteiger partial charge in [0.2, 0.25) is 11.8 Å². The van der Waals surface area contributed by atoms with Crippen LogP contribution in [0.3, 0.4) is 0 Å². The molecule has 0 radical (unpaired) electrons. The van der Waals surface area contributed by atoms with Crippen LogP contribution >= 0.6 is 0 Å². The Kier molecular flexibility index (Phi) is 8.87. The third-order valence-corrected chi connectivity index (χ3v) is 4.70. The molecule has 5 heteroatoms. The van der Waals surface area contributed by atoms with E-state index in [1.807, 2.05) is 88.4 Å². The third-order valence-electron chi connectivity index (χ3n) is 4.70. The van der Waals surface area contributed by atoms with Crippen molar-refractivity contribution in [2.75, 3.05) is 5.32 Å². The van der Waals surface area contributed by atoms with Gasteiger partial charge in [-0.3, -0.25) is 9.59 Å². The van der Waals surface area contributed by atoms with Crippen molar-refractivity contribution < 1.29 is 9.59 Å². The maximum atomic E-state index is 13.0. The fourth-order valence-corrected chi connectivity index (χ4v) is 3.17. The van der Waals surface area contributed by atoms with Crippen molar-refractivity contribution in [1.82, 2.24) is 10.6 Å². The predicted molar refractivity (Wildman–Crippen MR) is 118 cm³/mol. The summed E-state index contributed by atoms with van der Waals surface area (Å²) in [5.74, 6) is 0.0285. The second-order valence-corrected chi connectivity index (χ2v) is 8.13. The molecule has 0 fully saturated rings. The average molecular weight is 396 g/mol. The third kappa shape index (κ3) is 7.70. The molecule has 0 heterocycles. The molecule has 29 heavy (non-hydrogen) atoms. The molecule has 0 aromatic heterocycles. The summed E-state index contributed by atoms with van der Waals surface area (Å²) < 4.78 is 0. The van der Waals surface area contributed by atoms with Gasteiger partial charge in [0.1, 0.15) is 6.04 Å². The molecule has 5 nitrogen and oxygen atoms in total. The van der Waals surface area contributed by atoms with Crippen LogP contribution in [0.2, 0.25) is 0 Å². The van der Waals surface area contributed by atoms with Gasteiger partial charge in [0.05, 0.1) is 6.04 Å². The van der Waals surface area contributed by atoms with Gasteiger partial charge in [0.15, 0.2) is 0 Å². The number of nitrogens with one attached hydrogen (secondary N) is 3. The number of amides is 2. The first-order chi connectivity index (χ1) is 13.9. The van der Waals surface area contributed by atoms with Crippen LogP contribution in [-0.2, 0) is 16.1 Å². The molecule has 3 N–H and O–H groups in total. The smallest absolute Gasteiger partial charge is 0.246 e. The molecule has 2 rings (SSSR count). The molecule has 156 valence electrons. The molecule has 0 saturated heterocycles. The van der Waals surface area contributed by atoms with Crippen LogP contribution in [0.5, 0.6) is 0 Å². The summed E-state index contributed by atoms with van der Waals surface area (Å²) in [6.07, 6.45) is 0.577. The van der Waals surface area contributed by atoms with Crippen LogP contribution in [0, 0.1) is 11.8 Å². The van der Waals surface area contributed by atoms with E-state index in [1.165, 1.54) is 0 Å². The van der Waals surface area contributed by atoms with Gasteiger partial charge in [-0.05, 0) is 36.0 Å². The Morgan fingerprint density at radius 3 is 1.97 bits per heavy atom. The number of para-hydroxylation sites is 1. The Labute approximate surface area is 174 Å². The van der Waals surface area contributed by atoms with E-state index in [0.717, 1.165) is 11.3 Å². The molecule has 0 aliphatic rings. The lowest BCUT2D eigenvalue weighted by Gasteiger charge is -2.26. The molecular weight excluding hydrogens is 362 g/mol. The molecule has 2 aromatic rings. The number of hydrogen-bond acceptors (Lipinski definition) is 3. The monoisotopic (exact) mass is 395 g/mol. The lowest BCUT2D eigenvalue weighted by Crippen LogP contribution is -2.53. The van der Waals surface area contributed by atoms with Crippen molar-refractivity contribution in [1.29, 1.82) is 0 Å². The van der Waals surface area contributed by atoms with Gasteiger partial charge in [-0.15, -0.1) is 0 Å². The minimum absolute atomic E-state index is 0.0931. The summed E-state index contributed by atoms with van der Waals surface area (Å²) >= 11 is 0. The molecular formula is C24H33N3O2. The van der Waals surface area contributed by atoms with Crippen LogP contribution in [-0.4, -0.2) is 23.9 Å². The number of benzene rings is 2. The molecule has 2 atom stereocenters. The van der Waals surface area contributed by atoms with Crippen LogP contribution in [0.15, 0.2) is 60.7 Å². The number of carbonyl (C=O) groups is 2. The van der Waals surface area contributed by atoms with Crippen molar-refractivity contribution in [2.24, 2.45) is 11.8 Å². The summed E-state index contributed by atoms with van der Waals surface area (Å²) in [6, 6.07) is 18.3. The molecule has 0 saturated carbocycles. The first-order valence-electron chi connectivity index (χ1n) is 10.3. The van der Waals surface area contributed by atoms with Gasteiger partial charge in [0.25, 0.3) is 0 Å². The number of carbonyl (C=O) groups excluding carboxylic acids is 2. The van der Waals surface area contributed by atoms with E-state index in [4.69, 9.17) is 0 Å². The standard InChI is InChI=1S/C24H33N3O2/c1-17(2)15-21(23(28)26-20-13-9-6-10-14-20)27-24(29)22(18(3)4)25-16-19-11-7-5-8-12-19/h5-14,17-18,21-22,25H,15-16H2,1-4H3,(H,26,28)(H,27,29)/t21-,22-/m0/s1. The Bertz CT molecular complexity index is 760. The lowest BCUT2D eigenvalue weighted by atomic mass is 9.99. The predicted octanol–water partition coefficient (Wildman–Crippen LogP) is 3.97. The summed E-state index contributed by atoms with van der Waals surface area (Å²) in [6.45, 7) is 8.70. The highest BCUT2D eigenvalue weighted by atomic mass is 16.2. The van der Waals surface area contributed by atoms with E-state index in [0.29, 0.717) is 13.0 Å². The van der Waals surface area contributed by atoms with Crippen molar-refractivity contribution in [2.45, 2.75) is 52.7 Å². The minimum atomic E-state index is -0.581. The molecule has 0 spiro atoms. The highest BCUT2D eigenvalue weighted by molar-refractivity contribution is 5.97. The zero-order chi connectivity index (χ0) is 21.2. The van der Waals surface area contributed by atoms with Crippen LogP contribution in [0.4, 0.5) is 5.69 Å². The first-order valence-corrected chi connectivity index (χ1v) is 10.3. The average Bonchev–Trinajstić information content (AvgIpc) is 2.68. The summed E-state index contributed by atoms with van der Waals surface area (Å²) in [5.41, 5.74) is 1.84.